The molecule has 0 spiro atoms. The molecule has 0 saturated heterocycles. The maximum Gasteiger partial charge on any atom is -0.00264 e. The van der Waals surface area contributed by atoms with Crippen molar-refractivity contribution in [3.63, 3.8) is 0 Å². The lowest BCUT2D eigenvalue weighted by molar-refractivity contribution is 1.60. The Morgan fingerprint density at radius 2 is 0.478 bits per heavy atom. The largest absolute Gasteiger partial charge is 0.0622 e. The molecule has 0 aromatic heterocycles. The second-order valence-corrected chi connectivity index (χ2v) is 11.7. The van der Waals surface area contributed by atoms with Crippen LogP contribution < -0.4 is 0 Å². The molecule has 8 aromatic carbocycles. The van der Waals surface area contributed by atoms with Crippen LogP contribution in [0.1, 0.15) is 11.1 Å². The number of rotatable bonds is 6. The molecule has 0 atom stereocenters. The third-order valence-electron chi connectivity index (χ3n) is 8.90. The summed E-state index contributed by atoms with van der Waals surface area (Å²) in [7, 11) is 0. The van der Waals surface area contributed by atoms with Crippen LogP contribution >= 0.6 is 0 Å². The molecule has 0 aliphatic heterocycles. The SMILES string of the molecule is C(=Cc1ccc(-c2c3ccccc3c(-c3ccc(-c4ccccc4)cc3)c3ccccc23)cc1)c1ccc(-c2ccccc2)cc1. The Balaban J connectivity index is 1.15. The Morgan fingerprint density at radius 3 is 0.848 bits per heavy atom. The molecule has 216 valence electrons. The van der Waals surface area contributed by atoms with Crippen LogP contribution in [0.4, 0.5) is 0 Å². The molecule has 0 unspecified atom stereocenters. The minimum Gasteiger partial charge on any atom is -0.0622 e. The summed E-state index contributed by atoms with van der Waals surface area (Å²) in [4.78, 5) is 0. The molecular formula is C46H32. The Bertz CT molecular complexity index is 2230. The van der Waals surface area contributed by atoms with Gasteiger partial charge in [-0.1, -0.05) is 194 Å². The zero-order valence-corrected chi connectivity index (χ0v) is 25.5. The molecule has 0 aliphatic carbocycles. The van der Waals surface area contributed by atoms with Crippen molar-refractivity contribution in [3.8, 4) is 44.5 Å². The van der Waals surface area contributed by atoms with E-state index in [4.69, 9.17) is 0 Å². The molecule has 0 aliphatic rings. The number of hydrogen-bond acceptors (Lipinski definition) is 0. The van der Waals surface area contributed by atoms with E-state index >= 15 is 0 Å². The average Bonchev–Trinajstić information content (AvgIpc) is 3.14. The van der Waals surface area contributed by atoms with E-state index in [0.29, 0.717) is 0 Å². The lowest BCUT2D eigenvalue weighted by Gasteiger charge is -2.18. The summed E-state index contributed by atoms with van der Waals surface area (Å²) < 4.78 is 0. The summed E-state index contributed by atoms with van der Waals surface area (Å²) in [6.07, 6.45) is 4.38. The fraction of sp³-hybridized carbons (Fsp3) is 0. The van der Waals surface area contributed by atoms with Crippen LogP contribution in [0.5, 0.6) is 0 Å². The third kappa shape index (κ3) is 5.31. The van der Waals surface area contributed by atoms with Crippen molar-refractivity contribution in [3.05, 3.63) is 193 Å². The van der Waals surface area contributed by atoms with E-state index in [1.54, 1.807) is 0 Å². The molecule has 0 amide bonds. The average molecular weight is 585 g/mol. The topological polar surface area (TPSA) is 0 Å². The lowest BCUT2D eigenvalue weighted by atomic mass is 9.85. The molecule has 8 rings (SSSR count). The van der Waals surface area contributed by atoms with Gasteiger partial charge in [0.25, 0.3) is 0 Å². The summed E-state index contributed by atoms with van der Waals surface area (Å²) in [5.41, 5.74) is 12.3. The number of hydrogen-bond donors (Lipinski definition) is 0. The van der Waals surface area contributed by atoms with Crippen molar-refractivity contribution in [2.24, 2.45) is 0 Å². The first-order valence-corrected chi connectivity index (χ1v) is 15.9. The van der Waals surface area contributed by atoms with E-state index in [1.165, 1.54) is 77.2 Å². The van der Waals surface area contributed by atoms with Gasteiger partial charge in [0.2, 0.25) is 0 Å². The summed E-state index contributed by atoms with van der Waals surface area (Å²) in [6, 6.07) is 65.5. The molecule has 0 N–H and O–H groups in total. The first-order chi connectivity index (χ1) is 22.8. The van der Waals surface area contributed by atoms with Crippen LogP contribution in [0.15, 0.2) is 182 Å². The molecule has 0 fully saturated rings. The van der Waals surface area contributed by atoms with Crippen LogP contribution in [0.3, 0.4) is 0 Å². The zero-order chi connectivity index (χ0) is 30.7. The van der Waals surface area contributed by atoms with E-state index in [-0.39, 0.29) is 0 Å². The maximum atomic E-state index is 2.27. The Morgan fingerprint density at radius 1 is 0.217 bits per heavy atom. The van der Waals surface area contributed by atoms with Gasteiger partial charge in [0.15, 0.2) is 0 Å². The lowest BCUT2D eigenvalue weighted by Crippen LogP contribution is -1.91. The van der Waals surface area contributed by atoms with Gasteiger partial charge in [0.1, 0.15) is 0 Å². The molecule has 0 nitrogen and oxygen atoms in total. The highest BCUT2D eigenvalue weighted by atomic mass is 14.2. The van der Waals surface area contributed by atoms with E-state index in [9.17, 15) is 0 Å². The van der Waals surface area contributed by atoms with Crippen LogP contribution in [0.2, 0.25) is 0 Å². The van der Waals surface area contributed by atoms with Gasteiger partial charge in [0.05, 0.1) is 0 Å². The van der Waals surface area contributed by atoms with Gasteiger partial charge in [-0.15, -0.1) is 0 Å². The number of benzene rings is 8. The summed E-state index contributed by atoms with van der Waals surface area (Å²) >= 11 is 0. The Labute approximate surface area is 270 Å². The summed E-state index contributed by atoms with van der Waals surface area (Å²) in [5, 5.41) is 5.08. The van der Waals surface area contributed by atoms with Crippen molar-refractivity contribution in [2.75, 3.05) is 0 Å². The summed E-state index contributed by atoms with van der Waals surface area (Å²) in [6.45, 7) is 0. The fourth-order valence-corrected chi connectivity index (χ4v) is 6.58. The minimum absolute atomic E-state index is 1.18. The Hall–Kier alpha value is -5.98. The molecule has 0 saturated carbocycles. The minimum atomic E-state index is 1.18. The quantitative estimate of drug-likeness (QED) is 0.135. The molecular weight excluding hydrogens is 553 g/mol. The fourth-order valence-electron chi connectivity index (χ4n) is 6.58. The van der Waals surface area contributed by atoms with Gasteiger partial charge in [-0.05, 0) is 77.2 Å². The Kier molecular flexibility index (Phi) is 7.30. The van der Waals surface area contributed by atoms with Crippen molar-refractivity contribution >= 4 is 33.7 Å². The van der Waals surface area contributed by atoms with E-state index in [2.05, 4.69) is 194 Å². The molecule has 8 aromatic rings. The molecule has 0 radical (unpaired) electrons. The number of fused-ring (bicyclic) bond motifs is 2. The zero-order valence-electron chi connectivity index (χ0n) is 25.5. The summed E-state index contributed by atoms with van der Waals surface area (Å²) in [5.74, 6) is 0. The molecule has 0 heterocycles. The molecule has 0 heteroatoms. The maximum absolute atomic E-state index is 2.27. The van der Waals surface area contributed by atoms with Crippen LogP contribution in [0.25, 0.3) is 78.2 Å². The molecule has 46 heavy (non-hydrogen) atoms. The highest BCUT2D eigenvalue weighted by Gasteiger charge is 2.16. The van der Waals surface area contributed by atoms with Gasteiger partial charge in [-0.3, -0.25) is 0 Å². The van der Waals surface area contributed by atoms with Crippen LogP contribution in [-0.2, 0) is 0 Å². The smallest absolute Gasteiger partial charge is 0.00264 e. The van der Waals surface area contributed by atoms with Gasteiger partial charge >= 0.3 is 0 Å². The van der Waals surface area contributed by atoms with Crippen molar-refractivity contribution in [1.29, 1.82) is 0 Å². The van der Waals surface area contributed by atoms with Gasteiger partial charge in [-0.25, -0.2) is 0 Å². The van der Waals surface area contributed by atoms with Crippen molar-refractivity contribution < 1.29 is 0 Å². The second kappa shape index (κ2) is 12.2. The second-order valence-electron chi connectivity index (χ2n) is 11.7. The normalized spacial score (nSPS) is 11.4. The van der Waals surface area contributed by atoms with E-state index in [1.807, 2.05) is 0 Å². The molecule has 0 bridgehead atoms. The third-order valence-corrected chi connectivity index (χ3v) is 8.90. The van der Waals surface area contributed by atoms with Gasteiger partial charge in [0, 0.05) is 0 Å². The predicted molar refractivity (Wildman–Crippen MR) is 199 cm³/mol. The first kappa shape index (κ1) is 27.6. The monoisotopic (exact) mass is 584 g/mol. The highest BCUT2D eigenvalue weighted by molar-refractivity contribution is 6.21. The van der Waals surface area contributed by atoms with Crippen LogP contribution in [-0.4, -0.2) is 0 Å². The standard InChI is InChI=1S/C46H32/c1-3-11-35(12-4-1)37-25-21-33(22-26-37)19-20-34-23-27-39(28-24-34)45-41-15-7-9-17-43(41)46(44-18-10-8-16-42(44)45)40-31-29-38(30-32-40)36-13-5-2-6-14-36/h1-32H. The van der Waals surface area contributed by atoms with E-state index in [0.717, 1.165) is 0 Å². The van der Waals surface area contributed by atoms with Crippen molar-refractivity contribution in [2.45, 2.75) is 0 Å². The predicted octanol–water partition coefficient (Wildman–Crippen LogP) is 12.8. The van der Waals surface area contributed by atoms with E-state index < -0.39 is 0 Å². The van der Waals surface area contributed by atoms with Crippen molar-refractivity contribution in [1.82, 2.24) is 0 Å². The van der Waals surface area contributed by atoms with Gasteiger partial charge in [-0.2, -0.15) is 0 Å². The first-order valence-electron chi connectivity index (χ1n) is 15.9. The highest BCUT2D eigenvalue weighted by Crippen LogP contribution is 2.43. The van der Waals surface area contributed by atoms with Crippen LogP contribution in [0, 0.1) is 0 Å². The van der Waals surface area contributed by atoms with Gasteiger partial charge < -0.3 is 0 Å².